The van der Waals surface area contributed by atoms with Crippen molar-refractivity contribution in [2.45, 2.75) is 24.0 Å². The topological polar surface area (TPSA) is 120 Å². The summed E-state index contributed by atoms with van der Waals surface area (Å²) in [5.41, 5.74) is 7.44. The predicted molar refractivity (Wildman–Crippen MR) is 58.1 cm³/mol. The Balaban J connectivity index is 2.26. The summed E-state index contributed by atoms with van der Waals surface area (Å²) >= 11 is 0. The number of rotatable bonds is 5. The third-order valence-corrected chi connectivity index (χ3v) is 3.54. The van der Waals surface area contributed by atoms with Gasteiger partial charge in [-0.05, 0) is 5.53 Å². The van der Waals surface area contributed by atoms with E-state index in [2.05, 4.69) is 10.0 Å². The van der Waals surface area contributed by atoms with Gasteiger partial charge in [0.05, 0.1) is 19.5 Å². The van der Waals surface area contributed by atoms with Crippen LogP contribution in [0.2, 0.25) is 0 Å². The average Bonchev–Trinajstić information content (AvgIpc) is 2.79. The van der Waals surface area contributed by atoms with Gasteiger partial charge in [-0.1, -0.05) is 5.11 Å². The third-order valence-electron chi connectivity index (χ3n) is 2.99. The molecule has 10 heteroatoms. The van der Waals surface area contributed by atoms with Crippen LogP contribution in [0.3, 0.4) is 0 Å². The van der Waals surface area contributed by atoms with Gasteiger partial charge in [-0.3, -0.25) is 4.18 Å². The van der Waals surface area contributed by atoms with Crippen molar-refractivity contribution in [3.05, 3.63) is 10.4 Å². The standard InChI is InChI=1S/C8H13N3O6S/c1-14-7-6-8(10-11-9,4-16-18(2,12)13)5(17-7)3-15-6/h5-7H,3-4H2,1-2H3/t5-,6+,7-,8+/m0/s1. The SMILES string of the molecule is CO[C@H]1O[C@H]2CO[C@H]1[C@]2(COS(C)(=O)=O)N=[N+]=[N-]. The van der Waals surface area contributed by atoms with Crippen LogP contribution in [0.5, 0.6) is 0 Å². The van der Waals surface area contributed by atoms with E-state index in [1.807, 2.05) is 0 Å². The Morgan fingerprint density at radius 3 is 2.83 bits per heavy atom. The number of azide groups is 1. The summed E-state index contributed by atoms with van der Waals surface area (Å²) in [6.45, 7) is -0.123. The Bertz CT molecular complexity index is 475. The van der Waals surface area contributed by atoms with Crippen molar-refractivity contribution >= 4 is 10.1 Å². The maximum absolute atomic E-state index is 11.0. The normalized spacial score (nSPS) is 38.7. The molecule has 0 unspecified atom stereocenters. The molecule has 0 aliphatic carbocycles. The lowest BCUT2D eigenvalue weighted by molar-refractivity contribution is -0.202. The van der Waals surface area contributed by atoms with Gasteiger partial charge in [-0.25, -0.2) is 0 Å². The van der Waals surface area contributed by atoms with Gasteiger partial charge in [-0.15, -0.1) is 0 Å². The van der Waals surface area contributed by atoms with Crippen LogP contribution in [0.25, 0.3) is 10.4 Å². The molecule has 4 atom stereocenters. The summed E-state index contributed by atoms with van der Waals surface area (Å²) in [6.07, 6.45) is -1.03. The average molecular weight is 279 g/mol. The van der Waals surface area contributed by atoms with Gasteiger partial charge < -0.3 is 14.2 Å². The highest BCUT2D eigenvalue weighted by Gasteiger charge is 2.63. The van der Waals surface area contributed by atoms with Crippen molar-refractivity contribution in [1.82, 2.24) is 0 Å². The number of fused-ring (bicyclic) bond motifs is 2. The first-order valence-corrected chi connectivity index (χ1v) is 6.95. The minimum absolute atomic E-state index is 0.205. The van der Waals surface area contributed by atoms with Crippen molar-refractivity contribution in [1.29, 1.82) is 0 Å². The first-order valence-electron chi connectivity index (χ1n) is 5.13. The minimum atomic E-state index is -3.65. The molecule has 2 aliphatic rings. The molecule has 0 aromatic carbocycles. The molecule has 2 saturated heterocycles. The first-order chi connectivity index (χ1) is 8.43. The summed E-state index contributed by atoms with van der Waals surface area (Å²) in [5.74, 6) is 0. The second-order valence-corrected chi connectivity index (χ2v) is 5.77. The van der Waals surface area contributed by atoms with Crippen molar-refractivity contribution in [3.8, 4) is 0 Å². The van der Waals surface area contributed by atoms with Crippen LogP contribution in [0.4, 0.5) is 0 Å². The molecular weight excluding hydrogens is 266 g/mol. The van der Waals surface area contributed by atoms with Gasteiger partial charge in [0.1, 0.15) is 17.7 Å². The maximum Gasteiger partial charge on any atom is 0.264 e. The van der Waals surface area contributed by atoms with Crippen molar-refractivity contribution in [3.63, 3.8) is 0 Å². The molecule has 0 amide bonds. The molecule has 0 radical (unpaired) electrons. The zero-order chi connectivity index (χ0) is 13.4. The van der Waals surface area contributed by atoms with Crippen molar-refractivity contribution in [2.24, 2.45) is 5.11 Å². The largest absolute Gasteiger partial charge is 0.369 e. The minimum Gasteiger partial charge on any atom is -0.369 e. The van der Waals surface area contributed by atoms with Crippen molar-refractivity contribution in [2.75, 3.05) is 26.6 Å². The third kappa shape index (κ3) is 2.18. The Hall–Kier alpha value is -0.900. The Morgan fingerprint density at radius 1 is 1.61 bits per heavy atom. The molecule has 0 spiro atoms. The second kappa shape index (κ2) is 4.65. The fraction of sp³-hybridized carbons (Fsp3) is 1.00. The number of methoxy groups -OCH3 is 1. The van der Waals surface area contributed by atoms with E-state index in [0.29, 0.717) is 0 Å². The van der Waals surface area contributed by atoms with E-state index in [4.69, 9.17) is 23.9 Å². The highest BCUT2D eigenvalue weighted by atomic mass is 32.2. The van der Waals surface area contributed by atoms with Crippen LogP contribution in [0.1, 0.15) is 0 Å². The molecule has 2 heterocycles. The van der Waals surface area contributed by atoms with Gasteiger partial charge in [0.2, 0.25) is 0 Å². The monoisotopic (exact) mass is 279 g/mol. The van der Waals surface area contributed by atoms with Gasteiger partial charge in [-0.2, -0.15) is 8.42 Å². The maximum atomic E-state index is 11.0. The molecule has 2 bridgehead atoms. The van der Waals surface area contributed by atoms with Crippen molar-refractivity contribution < 1.29 is 26.8 Å². The molecule has 102 valence electrons. The Labute approximate surface area is 104 Å². The van der Waals surface area contributed by atoms with E-state index in [9.17, 15) is 8.42 Å². The zero-order valence-corrected chi connectivity index (χ0v) is 10.7. The smallest absolute Gasteiger partial charge is 0.264 e. The summed E-state index contributed by atoms with van der Waals surface area (Å²) in [7, 11) is -2.22. The molecule has 18 heavy (non-hydrogen) atoms. The van der Waals surface area contributed by atoms with Gasteiger partial charge in [0.25, 0.3) is 10.1 Å². The highest BCUT2D eigenvalue weighted by Crippen LogP contribution is 2.43. The van der Waals surface area contributed by atoms with E-state index in [-0.39, 0.29) is 13.2 Å². The summed E-state index contributed by atoms with van der Waals surface area (Å²) in [6, 6.07) is 0. The number of hydrogen-bond acceptors (Lipinski definition) is 7. The van der Waals surface area contributed by atoms with Gasteiger partial charge >= 0.3 is 0 Å². The molecule has 2 fully saturated rings. The molecule has 9 nitrogen and oxygen atoms in total. The van der Waals surface area contributed by atoms with Gasteiger partial charge in [0.15, 0.2) is 6.29 Å². The van der Waals surface area contributed by atoms with E-state index < -0.39 is 34.2 Å². The Morgan fingerprint density at radius 2 is 2.33 bits per heavy atom. The molecule has 2 aliphatic heterocycles. The van der Waals surface area contributed by atoms with E-state index in [1.165, 1.54) is 7.11 Å². The molecule has 2 rings (SSSR count). The van der Waals surface area contributed by atoms with Crippen LogP contribution >= 0.6 is 0 Å². The van der Waals surface area contributed by atoms with E-state index in [0.717, 1.165) is 6.26 Å². The fourth-order valence-electron chi connectivity index (χ4n) is 2.16. The fourth-order valence-corrected chi connectivity index (χ4v) is 2.56. The lowest BCUT2D eigenvalue weighted by atomic mass is 9.93. The second-order valence-electron chi connectivity index (χ2n) is 4.13. The van der Waals surface area contributed by atoms with Crippen LogP contribution in [-0.2, 0) is 28.5 Å². The molecule has 0 aromatic rings. The molecule has 0 N–H and O–H groups in total. The van der Waals surface area contributed by atoms with Crippen LogP contribution < -0.4 is 0 Å². The lowest BCUT2D eigenvalue weighted by Gasteiger charge is -2.24. The van der Waals surface area contributed by atoms with E-state index in [1.54, 1.807) is 0 Å². The highest BCUT2D eigenvalue weighted by molar-refractivity contribution is 7.85. The number of ether oxygens (including phenoxy) is 3. The van der Waals surface area contributed by atoms with E-state index >= 15 is 0 Å². The van der Waals surface area contributed by atoms with Gasteiger partial charge in [0, 0.05) is 12.0 Å². The zero-order valence-electron chi connectivity index (χ0n) is 9.85. The Kier molecular flexibility index (Phi) is 3.49. The van der Waals surface area contributed by atoms with Crippen LogP contribution in [0, 0.1) is 0 Å². The summed E-state index contributed by atoms with van der Waals surface area (Å²) < 4.78 is 42.7. The predicted octanol–water partition coefficient (Wildman–Crippen LogP) is -0.218. The summed E-state index contributed by atoms with van der Waals surface area (Å²) in [5, 5.41) is 3.64. The molecule has 0 aromatic heterocycles. The lowest BCUT2D eigenvalue weighted by Crippen LogP contribution is -2.46. The summed E-state index contributed by atoms with van der Waals surface area (Å²) in [4.78, 5) is 2.73. The van der Waals surface area contributed by atoms with Crippen LogP contribution in [-0.4, -0.2) is 59.0 Å². The number of hydrogen-bond donors (Lipinski definition) is 0. The number of nitrogens with zero attached hydrogens (tertiary/aromatic N) is 3. The first kappa shape index (κ1) is 13.5. The quantitative estimate of drug-likeness (QED) is 0.297. The van der Waals surface area contributed by atoms with Crippen LogP contribution in [0.15, 0.2) is 5.11 Å². The molecule has 0 saturated carbocycles. The molecular formula is C8H13N3O6S.